The molecule has 2 aromatic rings. The minimum absolute atomic E-state index is 0.223. The van der Waals surface area contributed by atoms with Gasteiger partial charge in [-0.1, -0.05) is 30.0 Å². The van der Waals surface area contributed by atoms with Gasteiger partial charge in [-0.25, -0.2) is 0 Å². The SMILES string of the molecule is Cc1ccccc1NC(=O)c1cncc(C#CCO)c1. The summed E-state index contributed by atoms with van der Waals surface area (Å²) in [5, 5.41) is 11.5. The molecule has 100 valence electrons. The topological polar surface area (TPSA) is 62.2 Å². The van der Waals surface area contributed by atoms with Gasteiger partial charge in [0.2, 0.25) is 0 Å². The van der Waals surface area contributed by atoms with Gasteiger partial charge >= 0.3 is 0 Å². The van der Waals surface area contributed by atoms with Gasteiger partial charge in [0.15, 0.2) is 0 Å². The van der Waals surface area contributed by atoms with E-state index >= 15 is 0 Å². The van der Waals surface area contributed by atoms with Crippen molar-refractivity contribution in [2.75, 3.05) is 11.9 Å². The predicted octanol–water partition coefficient (Wildman–Crippen LogP) is 1.99. The van der Waals surface area contributed by atoms with Gasteiger partial charge < -0.3 is 10.4 Å². The van der Waals surface area contributed by atoms with E-state index in [0.29, 0.717) is 11.1 Å². The lowest BCUT2D eigenvalue weighted by Gasteiger charge is -2.07. The number of aromatic nitrogens is 1. The number of aliphatic hydroxyl groups is 1. The van der Waals surface area contributed by atoms with Crippen molar-refractivity contribution in [2.24, 2.45) is 0 Å². The maximum absolute atomic E-state index is 12.1. The predicted molar refractivity (Wildman–Crippen MR) is 77.3 cm³/mol. The van der Waals surface area contributed by atoms with E-state index in [0.717, 1.165) is 11.3 Å². The van der Waals surface area contributed by atoms with Crippen LogP contribution in [0.15, 0.2) is 42.7 Å². The van der Waals surface area contributed by atoms with E-state index in [4.69, 9.17) is 5.11 Å². The van der Waals surface area contributed by atoms with E-state index in [1.165, 1.54) is 6.20 Å². The Labute approximate surface area is 117 Å². The second-order valence-corrected chi connectivity index (χ2v) is 4.19. The lowest BCUT2D eigenvalue weighted by Crippen LogP contribution is -2.13. The van der Waals surface area contributed by atoms with Crippen molar-refractivity contribution in [3.05, 3.63) is 59.4 Å². The minimum Gasteiger partial charge on any atom is -0.384 e. The molecule has 0 saturated carbocycles. The molecule has 1 aromatic heterocycles. The standard InChI is InChI=1S/C16H14N2O2/c1-12-5-2-3-7-15(12)18-16(20)14-9-13(6-4-8-19)10-17-11-14/h2-3,5,7,9-11,19H,8H2,1H3,(H,18,20). The van der Waals surface area contributed by atoms with Crippen molar-refractivity contribution in [2.45, 2.75) is 6.92 Å². The Kier molecular flexibility index (Phi) is 4.48. The summed E-state index contributed by atoms with van der Waals surface area (Å²) >= 11 is 0. The number of benzene rings is 1. The molecule has 0 bridgehead atoms. The maximum Gasteiger partial charge on any atom is 0.257 e. The van der Waals surface area contributed by atoms with Gasteiger partial charge in [-0.05, 0) is 24.6 Å². The summed E-state index contributed by atoms with van der Waals surface area (Å²) in [4.78, 5) is 16.1. The lowest BCUT2D eigenvalue weighted by molar-refractivity contribution is 0.102. The van der Waals surface area contributed by atoms with Gasteiger partial charge in [0.05, 0.1) is 5.56 Å². The molecule has 0 atom stereocenters. The van der Waals surface area contributed by atoms with E-state index in [2.05, 4.69) is 22.1 Å². The molecule has 4 heteroatoms. The molecule has 1 amide bonds. The number of para-hydroxylation sites is 1. The molecule has 20 heavy (non-hydrogen) atoms. The summed E-state index contributed by atoms with van der Waals surface area (Å²) in [6, 6.07) is 9.19. The molecule has 0 saturated heterocycles. The van der Waals surface area contributed by atoms with Crippen LogP contribution in [0.25, 0.3) is 0 Å². The van der Waals surface area contributed by atoms with E-state index < -0.39 is 0 Å². The van der Waals surface area contributed by atoms with Crippen LogP contribution in [0.1, 0.15) is 21.5 Å². The van der Waals surface area contributed by atoms with Gasteiger partial charge in [-0.2, -0.15) is 0 Å². The number of aliphatic hydroxyl groups excluding tert-OH is 1. The Morgan fingerprint density at radius 1 is 1.35 bits per heavy atom. The molecule has 1 heterocycles. The van der Waals surface area contributed by atoms with Crippen molar-refractivity contribution in [3.8, 4) is 11.8 Å². The van der Waals surface area contributed by atoms with Crippen LogP contribution in [-0.2, 0) is 0 Å². The first kappa shape index (κ1) is 13.8. The number of carbonyl (C=O) groups excluding carboxylic acids is 1. The Balaban J connectivity index is 2.19. The summed E-state index contributed by atoms with van der Waals surface area (Å²) in [7, 11) is 0. The largest absolute Gasteiger partial charge is 0.384 e. The number of hydrogen-bond donors (Lipinski definition) is 2. The quantitative estimate of drug-likeness (QED) is 0.817. The molecule has 0 aliphatic rings. The fraction of sp³-hybridized carbons (Fsp3) is 0.125. The summed E-state index contributed by atoms with van der Waals surface area (Å²) < 4.78 is 0. The summed E-state index contributed by atoms with van der Waals surface area (Å²) in [6.07, 6.45) is 3.03. The number of carbonyl (C=O) groups is 1. The summed E-state index contributed by atoms with van der Waals surface area (Å²) in [6.45, 7) is 1.71. The molecule has 0 radical (unpaired) electrons. The zero-order valence-corrected chi connectivity index (χ0v) is 11.1. The maximum atomic E-state index is 12.1. The minimum atomic E-state index is -0.237. The van der Waals surface area contributed by atoms with Crippen LogP contribution in [0.5, 0.6) is 0 Å². The van der Waals surface area contributed by atoms with E-state index in [-0.39, 0.29) is 12.5 Å². The highest BCUT2D eigenvalue weighted by atomic mass is 16.2. The number of amides is 1. The Morgan fingerprint density at radius 2 is 2.15 bits per heavy atom. The van der Waals surface area contributed by atoms with Crippen LogP contribution in [0.3, 0.4) is 0 Å². The van der Waals surface area contributed by atoms with Crippen LogP contribution < -0.4 is 5.32 Å². The van der Waals surface area contributed by atoms with Crippen molar-refractivity contribution < 1.29 is 9.90 Å². The summed E-state index contributed by atoms with van der Waals surface area (Å²) in [5.74, 6) is 5.01. The highest BCUT2D eigenvalue weighted by Gasteiger charge is 2.08. The van der Waals surface area contributed by atoms with Gasteiger partial charge in [0, 0.05) is 23.6 Å². The van der Waals surface area contributed by atoms with Crippen molar-refractivity contribution >= 4 is 11.6 Å². The number of hydrogen-bond acceptors (Lipinski definition) is 3. The molecule has 0 aliphatic carbocycles. The van der Waals surface area contributed by atoms with E-state index in [9.17, 15) is 4.79 Å². The average molecular weight is 266 g/mol. The fourth-order valence-corrected chi connectivity index (χ4v) is 1.68. The number of nitrogens with zero attached hydrogens (tertiary/aromatic N) is 1. The molecular weight excluding hydrogens is 252 g/mol. The first-order valence-corrected chi connectivity index (χ1v) is 6.12. The summed E-state index contributed by atoms with van der Waals surface area (Å²) in [5.41, 5.74) is 2.78. The van der Waals surface area contributed by atoms with Crippen LogP contribution in [0.2, 0.25) is 0 Å². The highest BCUT2D eigenvalue weighted by Crippen LogP contribution is 2.14. The molecule has 0 aliphatic heterocycles. The Morgan fingerprint density at radius 3 is 2.90 bits per heavy atom. The first-order valence-electron chi connectivity index (χ1n) is 6.12. The van der Waals surface area contributed by atoms with Crippen LogP contribution >= 0.6 is 0 Å². The lowest BCUT2D eigenvalue weighted by atomic mass is 10.1. The first-order chi connectivity index (χ1) is 9.70. The van der Waals surface area contributed by atoms with Crippen LogP contribution in [-0.4, -0.2) is 22.6 Å². The van der Waals surface area contributed by atoms with Crippen molar-refractivity contribution in [3.63, 3.8) is 0 Å². The zero-order chi connectivity index (χ0) is 14.4. The van der Waals surface area contributed by atoms with Gasteiger partial charge in [0.1, 0.15) is 6.61 Å². The van der Waals surface area contributed by atoms with Crippen molar-refractivity contribution in [1.82, 2.24) is 4.98 Å². The number of pyridine rings is 1. The molecule has 0 unspecified atom stereocenters. The number of rotatable bonds is 2. The van der Waals surface area contributed by atoms with E-state index in [1.54, 1.807) is 12.3 Å². The molecule has 2 N–H and O–H groups in total. The number of anilines is 1. The van der Waals surface area contributed by atoms with Gasteiger partial charge in [-0.15, -0.1) is 0 Å². The van der Waals surface area contributed by atoms with Gasteiger partial charge in [-0.3, -0.25) is 9.78 Å². The van der Waals surface area contributed by atoms with Crippen LogP contribution in [0, 0.1) is 18.8 Å². The Bertz CT molecular complexity index is 684. The molecule has 1 aromatic carbocycles. The second kappa shape index (κ2) is 6.50. The third-order valence-corrected chi connectivity index (χ3v) is 2.71. The van der Waals surface area contributed by atoms with Crippen molar-refractivity contribution in [1.29, 1.82) is 0 Å². The molecule has 2 rings (SSSR count). The Hall–Kier alpha value is -2.64. The third-order valence-electron chi connectivity index (χ3n) is 2.71. The third kappa shape index (κ3) is 3.44. The fourth-order valence-electron chi connectivity index (χ4n) is 1.68. The molecule has 0 spiro atoms. The molecule has 4 nitrogen and oxygen atoms in total. The highest BCUT2D eigenvalue weighted by molar-refractivity contribution is 6.04. The zero-order valence-electron chi connectivity index (χ0n) is 11.1. The van der Waals surface area contributed by atoms with Crippen LogP contribution in [0.4, 0.5) is 5.69 Å². The normalized spacial score (nSPS) is 9.50. The monoisotopic (exact) mass is 266 g/mol. The smallest absolute Gasteiger partial charge is 0.257 e. The number of nitrogens with one attached hydrogen (secondary N) is 1. The number of aryl methyl sites for hydroxylation is 1. The average Bonchev–Trinajstić information content (AvgIpc) is 2.48. The molecule has 0 fully saturated rings. The van der Waals surface area contributed by atoms with E-state index in [1.807, 2.05) is 31.2 Å². The second-order valence-electron chi connectivity index (χ2n) is 4.19. The molecular formula is C16H14N2O2. The van der Waals surface area contributed by atoms with Gasteiger partial charge in [0.25, 0.3) is 5.91 Å².